The third kappa shape index (κ3) is 5.69. The van der Waals surface area contributed by atoms with Gasteiger partial charge in [0, 0.05) is 5.56 Å². The van der Waals surface area contributed by atoms with Crippen LogP contribution in [0.25, 0.3) is 0 Å². The van der Waals surface area contributed by atoms with Crippen LogP contribution in [0.2, 0.25) is 0 Å². The number of rotatable bonds is 9. The van der Waals surface area contributed by atoms with Crippen molar-refractivity contribution in [2.75, 3.05) is 6.61 Å². The zero-order chi connectivity index (χ0) is 18.8. The first kappa shape index (κ1) is 19.6. The van der Waals surface area contributed by atoms with E-state index in [2.05, 4.69) is 6.92 Å². The molecule has 0 fully saturated rings. The van der Waals surface area contributed by atoms with Crippen molar-refractivity contribution < 1.29 is 23.5 Å². The Morgan fingerprint density at radius 2 is 1.46 bits per heavy atom. The maximum atomic E-state index is 13.6. The summed E-state index contributed by atoms with van der Waals surface area (Å²) >= 11 is 0. The second-order valence-electron chi connectivity index (χ2n) is 5.91. The van der Waals surface area contributed by atoms with Crippen LogP contribution < -0.4 is 0 Å². The zero-order valence-corrected chi connectivity index (χ0v) is 14.9. The second-order valence-corrected chi connectivity index (χ2v) is 5.91. The van der Waals surface area contributed by atoms with Crippen LogP contribution >= 0.6 is 0 Å². The van der Waals surface area contributed by atoms with Crippen LogP contribution in [-0.4, -0.2) is 18.5 Å². The Morgan fingerprint density at radius 3 is 2.12 bits per heavy atom. The third-order valence-electron chi connectivity index (χ3n) is 3.91. The molecule has 0 spiro atoms. The fourth-order valence-electron chi connectivity index (χ4n) is 2.45. The van der Waals surface area contributed by atoms with Gasteiger partial charge in [-0.2, -0.15) is 0 Å². The molecule has 0 aromatic heterocycles. The van der Waals surface area contributed by atoms with E-state index in [-0.39, 0.29) is 23.3 Å². The van der Waals surface area contributed by atoms with Gasteiger partial charge in [0.15, 0.2) is 0 Å². The minimum Gasteiger partial charge on any atom is -0.462 e. The lowest BCUT2D eigenvalue weighted by molar-refractivity contribution is 0.0434. The zero-order valence-electron chi connectivity index (χ0n) is 14.9. The van der Waals surface area contributed by atoms with Gasteiger partial charge in [-0.15, -0.1) is 0 Å². The molecule has 0 bridgehead atoms. The number of unbranched alkanes of at least 4 members (excludes halogenated alkanes) is 3. The molecule has 0 aliphatic heterocycles. The van der Waals surface area contributed by atoms with E-state index in [0.29, 0.717) is 6.61 Å². The molecular weight excluding hydrogens is 335 g/mol. The first-order valence-electron chi connectivity index (χ1n) is 8.80. The molecule has 4 nitrogen and oxygen atoms in total. The number of carbonyl (C=O) groups excluding carboxylic acids is 2. The van der Waals surface area contributed by atoms with E-state index < -0.39 is 17.8 Å². The van der Waals surface area contributed by atoms with Gasteiger partial charge < -0.3 is 9.47 Å². The van der Waals surface area contributed by atoms with Crippen molar-refractivity contribution >= 4 is 11.9 Å². The lowest BCUT2D eigenvalue weighted by Crippen LogP contribution is -2.14. The van der Waals surface area contributed by atoms with Crippen LogP contribution in [0.3, 0.4) is 0 Å². The van der Waals surface area contributed by atoms with Gasteiger partial charge in [0.05, 0.1) is 17.7 Å². The average molecular weight is 358 g/mol. The summed E-state index contributed by atoms with van der Waals surface area (Å²) in [6.07, 6.45) is 3.98. The Bertz CT molecular complexity index is 742. The average Bonchev–Trinajstić information content (AvgIpc) is 2.67. The fourth-order valence-corrected chi connectivity index (χ4v) is 2.45. The molecule has 26 heavy (non-hydrogen) atoms. The van der Waals surface area contributed by atoms with Gasteiger partial charge in [0.25, 0.3) is 0 Å². The molecule has 0 aliphatic rings. The van der Waals surface area contributed by atoms with Crippen molar-refractivity contribution in [2.45, 2.75) is 39.2 Å². The Labute approximate surface area is 152 Å². The first-order chi connectivity index (χ1) is 12.6. The van der Waals surface area contributed by atoms with E-state index in [1.807, 2.05) is 0 Å². The lowest BCUT2D eigenvalue weighted by Gasteiger charge is -2.10. The summed E-state index contributed by atoms with van der Waals surface area (Å²) in [5.41, 5.74) is 0.542. The van der Waals surface area contributed by atoms with Gasteiger partial charge in [-0.3, -0.25) is 0 Å². The molecule has 5 heteroatoms. The number of halogens is 1. The molecule has 0 aliphatic carbocycles. The van der Waals surface area contributed by atoms with Gasteiger partial charge in [0.2, 0.25) is 0 Å². The number of esters is 2. The van der Waals surface area contributed by atoms with Gasteiger partial charge in [-0.25, -0.2) is 14.0 Å². The second kappa shape index (κ2) is 10.3. The molecular formula is C21H23FO4. The maximum Gasteiger partial charge on any atom is 0.339 e. The van der Waals surface area contributed by atoms with E-state index in [9.17, 15) is 14.0 Å². The van der Waals surface area contributed by atoms with Gasteiger partial charge in [-0.1, -0.05) is 56.5 Å². The monoisotopic (exact) mass is 358 g/mol. The SMILES string of the molecule is CCCCCCOC(=O)c1ccccc1C(=O)OCc1ccccc1F. The predicted molar refractivity (Wildman–Crippen MR) is 96.4 cm³/mol. The summed E-state index contributed by atoms with van der Waals surface area (Å²) in [4.78, 5) is 24.6. The van der Waals surface area contributed by atoms with E-state index >= 15 is 0 Å². The van der Waals surface area contributed by atoms with E-state index in [1.165, 1.54) is 18.2 Å². The summed E-state index contributed by atoms with van der Waals surface area (Å²) in [7, 11) is 0. The fraction of sp³-hybridized carbons (Fsp3) is 0.333. The molecule has 2 aromatic rings. The van der Waals surface area contributed by atoms with Crippen LogP contribution in [0, 0.1) is 5.82 Å². The Balaban J connectivity index is 1.97. The molecule has 0 saturated heterocycles. The summed E-state index contributed by atoms with van der Waals surface area (Å²) in [6.45, 7) is 2.22. The largest absolute Gasteiger partial charge is 0.462 e. The van der Waals surface area contributed by atoms with Crippen LogP contribution in [0.1, 0.15) is 58.9 Å². The molecule has 0 unspecified atom stereocenters. The number of ether oxygens (including phenoxy) is 2. The van der Waals surface area contributed by atoms with Crippen molar-refractivity contribution in [2.24, 2.45) is 0 Å². The Morgan fingerprint density at radius 1 is 0.846 bits per heavy atom. The number of benzene rings is 2. The molecule has 0 radical (unpaired) electrons. The number of hydrogen-bond donors (Lipinski definition) is 0. The van der Waals surface area contributed by atoms with Crippen molar-refractivity contribution in [1.82, 2.24) is 0 Å². The summed E-state index contributed by atoms with van der Waals surface area (Å²) in [5.74, 6) is -1.69. The number of carbonyl (C=O) groups is 2. The normalized spacial score (nSPS) is 10.4. The van der Waals surface area contributed by atoms with Crippen LogP contribution in [-0.2, 0) is 16.1 Å². The molecule has 0 saturated carbocycles. The predicted octanol–water partition coefficient (Wildman–Crippen LogP) is 4.92. The molecule has 2 rings (SSSR count). The van der Waals surface area contributed by atoms with Crippen LogP contribution in [0.15, 0.2) is 48.5 Å². The number of hydrogen-bond acceptors (Lipinski definition) is 4. The summed E-state index contributed by atoms with van der Waals surface area (Å²) in [6, 6.07) is 12.4. The van der Waals surface area contributed by atoms with Gasteiger partial charge >= 0.3 is 11.9 Å². The lowest BCUT2D eigenvalue weighted by atomic mass is 10.1. The molecule has 0 atom stereocenters. The molecule has 0 amide bonds. The highest BCUT2D eigenvalue weighted by molar-refractivity contribution is 6.03. The molecule has 0 N–H and O–H groups in total. The molecule has 138 valence electrons. The minimum atomic E-state index is -0.688. The van der Waals surface area contributed by atoms with E-state index in [4.69, 9.17) is 9.47 Å². The van der Waals surface area contributed by atoms with Crippen LogP contribution in [0.5, 0.6) is 0 Å². The Hall–Kier alpha value is -2.69. The summed E-state index contributed by atoms with van der Waals surface area (Å²) in [5, 5.41) is 0. The molecule has 0 heterocycles. The highest BCUT2D eigenvalue weighted by atomic mass is 19.1. The van der Waals surface area contributed by atoms with E-state index in [1.54, 1.807) is 30.3 Å². The van der Waals surface area contributed by atoms with Crippen molar-refractivity contribution in [3.63, 3.8) is 0 Å². The van der Waals surface area contributed by atoms with Gasteiger partial charge in [0.1, 0.15) is 12.4 Å². The Kier molecular flexibility index (Phi) is 7.80. The van der Waals surface area contributed by atoms with E-state index in [0.717, 1.165) is 25.7 Å². The van der Waals surface area contributed by atoms with Crippen molar-refractivity contribution in [3.8, 4) is 0 Å². The van der Waals surface area contributed by atoms with Crippen molar-refractivity contribution in [1.29, 1.82) is 0 Å². The topological polar surface area (TPSA) is 52.6 Å². The quantitative estimate of drug-likeness (QED) is 0.472. The van der Waals surface area contributed by atoms with Gasteiger partial charge in [-0.05, 0) is 24.6 Å². The standard InChI is InChI=1S/C21H23FO4/c1-2-3-4-9-14-25-20(23)17-11-6-7-12-18(17)21(24)26-15-16-10-5-8-13-19(16)22/h5-8,10-13H,2-4,9,14-15H2,1H3. The smallest absolute Gasteiger partial charge is 0.339 e. The highest BCUT2D eigenvalue weighted by Crippen LogP contribution is 2.15. The van der Waals surface area contributed by atoms with Crippen molar-refractivity contribution in [3.05, 3.63) is 71.0 Å². The first-order valence-corrected chi connectivity index (χ1v) is 8.80. The van der Waals surface area contributed by atoms with Crippen LogP contribution in [0.4, 0.5) is 4.39 Å². The minimum absolute atomic E-state index is 0.113. The highest BCUT2D eigenvalue weighted by Gasteiger charge is 2.19. The maximum absolute atomic E-state index is 13.6. The summed E-state index contributed by atoms with van der Waals surface area (Å²) < 4.78 is 24.0. The molecule has 2 aromatic carbocycles. The third-order valence-corrected chi connectivity index (χ3v) is 3.91.